The Morgan fingerprint density at radius 2 is 1.57 bits per heavy atom. The molecule has 1 aliphatic heterocycles. The summed E-state index contributed by atoms with van der Waals surface area (Å²) in [7, 11) is 1.37. The third-order valence-corrected chi connectivity index (χ3v) is 9.33. The summed E-state index contributed by atoms with van der Waals surface area (Å²) in [6.45, 7) is 1.54. The van der Waals surface area contributed by atoms with Crippen molar-refractivity contribution in [2.75, 3.05) is 20.2 Å². The number of fused-ring (bicyclic) bond motifs is 2. The average molecular weight is 731 g/mol. The Morgan fingerprint density at radius 3 is 2.20 bits per heavy atom. The minimum Gasteiger partial charge on any atom is -0.481 e. The van der Waals surface area contributed by atoms with E-state index in [1.54, 1.807) is 37.0 Å². The first-order chi connectivity index (χ1) is 26.4. The second-order valence-corrected chi connectivity index (χ2v) is 12.9. The molecule has 2 aliphatic rings. The Morgan fingerprint density at radius 1 is 0.889 bits per heavy atom. The predicted octanol–water partition coefficient (Wildman–Crippen LogP) is 7.17. The van der Waals surface area contributed by atoms with E-state index in [4.69, 9.17) is 13.3 Å². The van der Waals surface area contributed by atoms with Gasteiger partial charge in [-0.1, -0.05) is 72.8 Å². The fourth-order valence-electron chi connectivity index (χ4n) is 6.87. The first-order valence-electron chi connectivity index (χ1n) is 17.9. The number of carboxylic acid groups (broad SMARTS) is 1. The molecule has 1 saturated heterocycles. The van der Waals surface area contributed by atoms with Crippen LogP contribution in [-0.2, 0) is 38.4 Å². The van der Waals surface area contributed by atoms with E-state index in [9.17, 15) is 19.5 Å². The normalized spacial score (nSPS) is 19.3. The number of rotatable bonds is 13. The van der Waals surface area contributed by atoms with Gasteiger partial charge in [-0.25, -0.2) is 4.79 Å². The number of carbonyl (C=O) groups is 3. The molecule has 4 heterocycles. The van der Waals surface area contributed by atoms with Gasteiger partial charge in [0.05, 0.1) is 31.8 Å². The van der Waals surface area contributed by atoms with Crippen LogP contribution in [0.1, 0.15) is 39.9 Å². The number of aldehydes is 1. The Balaban J connectivity index is 0.000000170. The van der Waals surface area contributed by atoms with Crippen molar-refractivity contribution in [1.29, 1.82) is 0 Å². The molecule has 0 saturated carbocycles. The van der Waals surface area contributed by atoms with Crippen LogP contribution in [0.3, 0.4) is 0 Å². The molecule has 3 N–H and O–H groups in total. The van der Waals surface area contributed by atoms with Gasteiger partial charge in [0.1, 0.15) is 23.6 Å². The number of carbonyl (C=O) groups excluding carboxylic acids is 2. The van der Waals surface area contributed by atoms with Gasteiger partial charge in [0.15, 0.2) is 0 Å². The van der Waals surface area contributed by atoms with Crippen LogP contribution in [0.4, 0.5) is 0 Å². The molecule has 0 unspecified atom stereocenters. The topological polar surface area (TPSA) is 144 Å². The molecule has 0 radical (unpaired) electrons. The van der Waals surface area contributed by atoms with Crippen LogP contribution in [-0.4, -0.2) is 55.6 Å². The van der Waals surface area contributed by atoms with Gasteiger partial charge in [-0.05, 0) is 90.9 Å². The monoisotopic (exact) mass is 730 g/mol. The minimum atomic E-state index is -0.737. The summed E-state index contributed by atoms with van der Waals surface area (Å²) in [4.78, 5) is 32.9. The summed E-state index contributed by atoms with van der Waals surface area (Å²) in [6.07, 6.45) is 18.2. The second-order valence-electron chi connectivity index (χ2n) is 12.9. The predicted molar refractivity (Wildman–Crippen MR) is 206 cm³/mol. The quantitative estimate of drug-likeness (QED) is 0.0648. The van der Waals surface area contributed by atoms with Crippen LogP contribution in [0.2, 0.25) is 0 Å². The number of aliphatic carboxylic acids is 1. The Kier molecular flexibility index (Phi) is 15.2. The minimum absolute atomic E-state index is 0.0396. The number of benzene rings is 2. The van der Waals surface area contributed by atoms with E-state index in [0.29, 0.717) is 24.5 Å². The molecule has 10 nitrogen and oxygen atoms in total. The molecule has 1 aliphatic carbocycles. The van der Waals surface area contributed by atoms with E-state index in [2.05, 4.69) is 39.6 Å². The lowest BCUT2D eigenvalue weighted by Gasteiger charge is -2.33. The summed E-state index contributed by atoms with van der Waals surface area (Å²) >= 11 is 0. The SMILES string of the molecule is COC(=O)/C=C/[C@H](Cc1ccccc1)NC/C=C/c1ccco1.O=C(O)[C@H]1c2ccoc2C[C@H]2CN[C@@H](Cc3ccccc3)[C@@H]21.O=C/C=C/c1ccco1. The van der Waals surface area contributed by atoms with Crippen LogP contribution in [0, 0.1) is 11.8 Å². The summed E-state index contributed by atoms with van der Waals surface area (Å²) in [5, 5.41) is 16.7. The number of hydrogen-bond acceptors (Lipinski definition) is 9. The smallest absolute Gasteiger partial charge is 0.330 e. The first-order valence-corrected chi connectivity index (χ1v) is 17.9. The van der Waals surface area contributed by atoms with E-state index in [1.807, 2.05) is 72.8 Å². The molecular weight excluding hydrogens is 684 g/mol. The Bertz CT molecular complexity index is 1930. The molecule has 0 amide bonds. The highest BCUT2D eigenvalue weighted by molar-refractivity contribution is 5.81. The standard InChI is InChI=1S/C19H21NO3.C18H19NO3.C7H6O2/c1-22-19(21)12-11-17(15-16-7-3-2-4-8-16)20-13-5-9-18-10-6-14-23-18;20-18(21)17-13-6-7-22-15(13)9-12-10-19-14(16(12)17)8-11-4-2-1-3-5-11;8-5-1-3-7-4-2-6-9-7/h2-12,14,17,20H,13,15H2,1H3;1-7,12,14,16-17,19H,8-10H2,(H,20,21);1-6H/b9-5+,12-11+;;3-1+/t17-;12-,14-,16+,17-;/m10./s1. The summed E-state index contributed by atoms with van der Waals surface area (Å²) in [5.41, 5.74) is 3.33. The van der Waals surface area contributed by atoms with Crippen molar-refractivity contribution in [3.8, 4) is 0 Å². The van der Waals surface area contributed by atoms with E-state index in [0.717, 1.165) is 42.9 Å². The fourth-order valence-corrected chi connectivity index (χ4v) is 6.87. The highest BCUT2D eigenvalue weighted by Crippen LogP contribution is 2.45. The Labute approximate surface area is 315 Å². The van der Waals surface area contributed by atoms with Crippen molar-refractivity contribution in [1.82, 2.24) is 10.6 Å². The average Bonchev–Trinajstić information content (AvgIpc) is 4.04. The number of hydrogen-bond donors (Lipinski definition) is 3. The van der Waals surface area contributed by atoms with Gasteiger partial charge in [0.2, 0.25) is 0 Å². The van der Waals surface area contributed by atoms with Crippen molar-refractivity contribution in [2.45, 2.75) is 37.3 Å². The fraction of sp³-hybridized carbons (Fsp3) is 0.250. The van der Waals surface area contributed by atoms with E-state index < -0.39 is 11.9 Å². The lowest BCUT2D eigenvalue weighted by molar-refractivity contribution is -0.141. The van der Waals surface area contributed by atoms with Gasteiger partial charge in [-0.3, -0.25) is 9.59 Å². The van der Waals surface area contributed by atoms with Gasteiger partial charge in [0, 0.05) is 36.7 Å². The zero-order chi connectivity index (χ0) is 38.0. The van der Waals surface area contributed by atoms with Crippen LogP contribution in [0.25, 0.3) is 12.2 Å². The highest BCUT2D eigenvalue weighted by atomic mass is 16.5. The van der Waals surface area contributed by atoms with Crippen molar-refractivity contribution in [3.05, 3.63) is 168 Å². The lowest BCUT2D eigenvalue weighted by atomic mass is 9.69. The van der Waals surface area contributed by atoms with Gasteiger partial charge >= 0.3 is 11.9 Å². The molecule has 1 fully saturated rings. The van der Waals surface area contributed by atoms with Gasteiger partial charge in [-0.15, -0.1) is 0 Å². The zero-order valence-corrected chi connectivity index (χ0v) is 30.2. The molecule has 0 spiro atoms. The number of ether oxygens (including phenoxy) is 1. The van der Waals surface area contributed by atoms with Crippen molar-refractivity contribution < 1.29 is 37.5 Å². The maximum atomic E-state index is 11.9. The molecule has 0 bridgehead atoms. The van der Waals surface area contributed by atoms with Crippen molar-refractivity contribution >= 4 is 30.4 Å². The van der Waals surface area contributed by atoms with Crippen molar-refractivity contribution in [2.24, 2.45) is 11.8 Å². The summed E-state index contributed by atoms with van der Waals surface area (Å²) < 4.78 is 20.3. The molecule has 5 aromatic rings. The van der Waals surface area contributed by atoms with Crippen LogP contribution >= 0.6 is 0 Å². The third kappa shape index (κ3) is 11.8. The van der Waals surface area contributed by atoms with Gasteiger partial charge in [-0.2, -0.15) is 0 Å². The number of nitrogens with one attached hydrogen (secondary N) is 2. The second kappa shape index (κ2) is 20.9. The van der Waals surface area contributed by atoms with Gasteiger partial charge < -0.3 is 33.7 Å². The summed E-state index contributed by atoms with van der Waals surface area (Å²) in [6, 6.07) is 29.8. The van der Waals surface area contributed by atoms with Crippen molar-refractivity contribution in [3.63, 3.8) is 0 Å². The number of furan rings is 3. The highest BCUT2D eigenvalue weighted by Gasteiger charge is 2.49. The summed E-state index contributed by atoms with van der Waals surface area (Å²) in [5.74, 6) is 1.29. The van der Waals surface area contributed by atoms with E-state index in [-0.39, 0.29) is 24.0 Å². The van der Waals surface area contributed by atoms with Gasteiger partial charge in [0.25, 0.3) is 0 Å². The number of carboxylic acids is 1. The van der Waals surface area contributed by atoms with E-state index in [1.165, 1.54) is 30.4 Å². The molecular formula is C44H46N2O8. The lowest BCUT2D eigenvalue weighted by Crippen LogP contribution is -2.39. The van der Waals surface area contributed by atoms with Crippen LogP contribution < -0.4 is 10.6 Å². The molecule has 10 heteroatoms. The Hall–Kier alpha value is -5.97. The largest absolute Gasteiger partial charge is 0.481 e. The van der Waals surface area contributed by atoms with Crippen LogP contribution in [0.15, 0.2) is 147 Å². The maximum absolute atomic E-state index is 11.9. The van der Waals surface area contributed by atoms with Crippen LogP contribution in [0.5, 0.6) is 0 Å². The maximum Gasteiger partial charge on any atom is 0.330 e. The number of methoxy groups -OCH3 is 1. The molecule has 3 aromatic heterocycles. The molecule has 7 rings (SSSR count). The zero-order valence-electron chi connectivity index (χ0n) is 30.2. The van der Waals surface area contributed by atoms with E-state index >= 15 is 0 Å². The third-order valence-electron chi connectivity index (χ3n) is 9.33. The molecule has 280 valence electrons. The number of esters is 1. The first kappa shape index (κ1) is 39.2. The molecule has 2 aromatic carbocycles. The number of allylic oxidation sites excluding steroid dienone is 1. The molecule has 5 atom stereocenters. The molecule has 54 heavy (non-hydrogen) atoms.